The predicted molar refractivity (Wildman–Crippen MR) is 136 cm³/mol. The van der Waals surface area contributed by atoms with Crippen LogP contribution in [-0.4, -0.2) is 70.2 Å². The normalized spacial score (nSPS) is 21.6. The van der Waals surface area contributed by atoms with Gasteiger partial charge in [-0.05, 0) is 65.0 Å². The number of carbonyl (C=O) groups is 2. The molecule has 202 valence electrons. The molecule has 0 aromatic carbocycles. The number of likely N-dealkylation sites (N-methyl/N-ethyl adjacent to an activating group) is 1. The first-order valence-electron chi connectivity index (χ1n) is 13.1. The summed E-state index contributed by atoms with van der Waals surface area (Å²) in [7, 11) is 3.55. The zero-order valence-corrected chi connectivity index (χ0v) is 22.4. The van der Waals surface area contributed by atoms with E-state index in [0.717, 1.165) is 48.3 Å². The average Bonchev–Trinajstić information content (AvgIpc) is 3.53. The van der Waals surface area contributed by atoms with Crippen molar-refractivity contribution < 1.29 is 28.5 Å². The average molecular weight is 515 g/mol. The molecule has 0 N–H and O–H groups in total. The highest BCUT2D eigenvalue weighted by molar-refractivity contribution is 5.72. The molecule has 2 fully saturated rings. The lowest BCUT2D eigenvalue weighted by Gasteiger charge is -2.29. The summed E-state index contributed by atoms with van der Waals surface area (Å²) in [6, 6.07) is 3.83. The highest BCUT2D eigenvalue weighted by atomic mass is 16.6. The first-order valence-corrected chi connectivity index (χ1v) is 13.1. The Balaban J connectivity index is 1.40. The van der Waals surface area contributed by atoms with Gasteiger partial charge in [-0.1, -0.05) is 0 Å². The monoisotopic (exact) mass is 514 g/mol. The lowest BCUT2D eigenvalue weighted by atomic mass is 9.87. The van der Waals surface area contributed by atoms with Crippen LogP contribution in [-0.2, 0) is 32.7 Å². The molecule has 0 unspecified atom stereocenters. The van der Waals surface area contributed by atoms with E-state index in [2.05, 4.69) is 5.10 Å². The standard InChI is InChI=1S/C27H38N4O6/c1-17(2)36-26(32)19-7-6-8-21(13-19)37-25-10-9-23(29-18(25)3)22-14-28-31(5)24(22)16-35-27(33)30(4)20-11-12-34-15-20/h9-10,14,17,19-21H,6-8,11-13,15-16H2,1-5H3/t19-,20+,21-/m0/s1. The topological polar surface area (TPSA) is 105 Å². The second kappa shape index (κ2) is 11.9. The van der Waals surface area contributed by atoms with Crippen molar-refractivity contribution in [2.45, 2.75) is 77.7 Å². The summed E-state index contributed by atoms with van der Waals surface area (Å²) < 4.78 is 24.3. The third-order valence-corrected chi connectivity index (χ3v) is 7.05. The van der Waals surface area contributed by atoms with E-state index >= 15 is 0 Å². The second-order valence-corrected chi connectivity index (χ2v) is 10.2. The molecule has 37 heavy (non-hydrogen) atoms. The predicted octanol–water partition coefficient (Wildman–Crippen LogP) is 4.04. The van der Waals surface area contributed by atoms with Gasteiger partial charge in [0.15, 0.2) is 0 Å². The Labute approximate surface area is 218 Å². The van der Waals surface area contributed by atoms with Crippen LogP contribution < -0.4 is 4.74 Å². The Morgan fingerprint density at radius 2 is 2.05 bits per heavy atom. The summed E-state index contributed by atoms with van der Waals surface area (Å²) >= 11 is 0. The van der Waals surface area contributed by atoms with E-state index < -0.39 is 6.09 Å². The van der Waals surface area contributed by atoms with Crippen LogP contribution in [0.25, 0.3) is 11.3 Å². The lowest BCUT2D eigenvalue weighted by molar-refractivity contribution is -0.154. The molecule has 3 heterocycles. The van der Waals surface area contributed by atoms with E-state index in [1.807, 2.05) is 40.0 Å². The van der Waals surface area contributed by atoms with Gasteiger partial charge in [-0.3, -0.25) is 9.48 Å². The van der Waals surface area contributed by atoms with Gasteiger partial charge in [0, 0.05) is 26.3 Å². The van der Waals surface area contributed by atoms with Gasteiger partial charge >= 0.3 is 12.1 Å². The molecule has 10 heteroatoms. The summed E-state index contributed by atoms with van der Waals surface area (Å²) in [6.07, 6.45) is 5.28. The Bertz CT molecular complexity index is 1090. The maximum absolute atomic E-state index is 12.5. The first kappa shape index (κ1) is 26.9. The SMILES string of the molecule is Cc1nc(-c2cnn(C)c2COC(=O)N(C)[C@@H]2CCOC2)ccc1O[C@H]1CCC[C@H](C(=O)OC(C)C)C1. The van der Waals surface area contributed by atoms with Gasteiger partial charge in [0.25, 0.3) is 0 Å². The van der Waals surface area contributed by atoms with E-state index in [9.17, 15) is 9.59 Å². The number of hydrogen-bond acceptors (Lipinski definition) is 8. The Kier molecular flexibility index (Phi) is 8.68. The quantitative estimate of drug-likeness (QED) is 0.486. The minimum Gasteiger partial charge on any atom is -0.489 e. The molecule has 2 aromatic rings. The van der Waals surface area contributed by atoms with Gasteiger partial charge in [-0.25, -0.2) is 9.78 Å². The molecular weight excluding hydrogens is 476 g/mol. The summed E-state index contributed by atoms with van der Waals surface area (Å²) in [6.45, 7) is 6.91. The maximum Gasteiger partial charge on any atom is 0.410 e. The van der Waals surface area contributed by atoms with Crippen molar-refractivity contribution >= 4 is 12.1 Å². The van der Waals surface area contributed by atoms with Gasteiger partial charge in [-0.15, -0.1) is 0 Å². The van der Waals surface area contributed by atoms with Crippen molar-refractivity contribution in [1.82, 2.24) is 19.7 Å². The van der Waals surface area contributed by atoms with Crippen molar-refractivity contribution in [3.8, 4) is 17.0 Å². The third kappa shape index (κ3) is 6.60. The largest absolute Gasteiger partial charge is 0.489 e. The molecule has 1 aliphatic heterocycles. The lowest BCUT2D eigenvalue weighted by Crippen LogP contribution is -2.37. The minimum absolute atomic E-state index is 0.0377. The molecular formula is C27H38N4O6. The molecule has 4 rings (SSSR count). The summed E-state index contributed by atoms with van der Waals surface area (Å²) in [4.78, 5) is 31.3. The van der Waals surface area contributed by atoms with Crippen molar-refractivity contribution in [3.05, 3.63) is 29.7 Å². The first-order chi connectivity index (χ1) is 17.7. The fraction of sp³-hybridized carbons (Fsp3) is 0.630. The smallest absolute Gasteiger partial charge is 0.410 e. The second-order valence-electron chi connectivity index (χ2n) is 10.2. The number of hydrogen-bond donors (Lipinski definition) is 0. The molecule has 0 radical (unpaired) electrons. The van der Waals surface area contributed by atoms with E-state index in [1.165, 1.54) is 0 Å². The van der Waals surface area contributed by atoms with Crippen LogP contribution in [0, 0.1) is 12.8 Å². The summed E-state index contributed by atoms with van der Waals surface area (Å²) in [5.74, 6) is 0.430. The highest BCUT2D eigenvalue weighted by Crippen LogP contribution is 2.31. The molecule has 2 aromatic heterocycles. The Morgan fingerprint density at radius 1 is 1.24 bits per heavy atom. The van der Waals surface area contributed by atoms with Crippen molar-refractivity contribution in [3.63, 3.8) is 0 Å². The fourth-order valence-electron chi connectivity index (χ4n) is 4.85. The Morgan fingerprint density at radius 3 is 2.76 bits per heavy atom. The number of esters is 1. The molecule has 1 amide bonds. The number of rotatable bonds is 8. The van der Waals surface area contributed by atoms with Crippen molar-refractivity contribution in [1.29, 1.82) is 0 Å². The van der Waals surface area contributed by atoms with E-state index in [1.54, 1.807) is 22.8 Å². The highest BCUT2D eigenvalue weighted by Gasteiger charge is 2.30. The molecule has 3 atom stereocenters. The maximum atomic E-state index is 12.5. The number of nitrogens with zero attached hydrogens (tertiary/aromatic N) is 4. The number of aryl methyl sites for hydroxylation is 2. The van der Waals surface area contributed by atoms with Gasteiger partial charge in [-0.2, -0.15) is 5.10 Å². The van der Waals surface area contributed by atoms with Crippen LogP contribution in [0.4, 0.5) is 4.79 Å². The summed E-state index contributed by atoms with van der Waals surface area (Å²) in [5, 5.41) is 4.36. The van der Waals surface area contributed by atoms with Gasteiger partial charge < -0.3 is 23.8 Å². The van der Waals surface area contributed by atoms with E-state index in [4.69, 9.17) is 23.9 Å². The number of pyridine rings is 1. The van der Waals surface area contributed by atoms with Crippen LogP contribution in [0.15, 0.2) is 18.3 Å². The molecule has 10 nitrogen and oxygen atoms in total. The Hall–Kier alpha value is -3.14. The zero-order valence-electron chi connectivity index (χ0n) is 22.4. The van der Waals surface area contributed by atoms with Gasteiger partial charge in [0.2, 0.25) is 0 Å². The minimum atomic E-state index is -0.390. The molecule has 1 aliphatic carbocycles. The van der Waals surface area contributed by atoms with Crippen molar-refractivity contribution in [2.24, 2.45) is 13.0 Å². The number of ether oxygens (including phenoxy) is 4. The van der Waals surface area contributed by atoms with Crippen LogP contribution in [0.5, 0.6) is 5.75 Å². The van der Waals surface area contributed by atoms with Crippen LogP contribution >= 0.6 is 0 Å². The van der Waals surface area contributed by atoms with E-state index in [0.29, 0.717) is 25.4 Å². The van der Waals surface area contributed by atoms with Crippen LogP contribution in [0.1, 0.15) is 57.3 Å². The zero-order chi connectivity index (χ0) is 26.5. The molecule has 2 aliphatic rings. The van der Waals surface area contributed by atoms with Gasteiger partial charge in [0.1, 0.15) is 12.4 Å². The number of aromatic nitrogens is 3. The van der Waals surface area contributed by atoms with Crippen LogP contribution in [0.2, 0.25) is 0 Å². The van der Waals surface area contributed by atoms with E-state index in [-0.39, 0.29) is 36.7 Å². The van der Waals surface area contributed by atoms with Crippen molar-refractivity contribution in [2.75, 3.05) is 20.3 Å². The molecule has 0 bridgehead atoms. The number of carbonyl (C=O) groups excluding carboxylic acids is 2. The molecule has 0 spiro atoms. The summed E-state index contributed by atoms with van der Waals surface area (Å²) in [5.41, 5.74) is 3.02. The molecule has 1 saturated carbocycles. The van der Waals surface area contributed by atoms with Crippen LogP contribution in [0.3, 0.4) is 0 Å². The fourth-order valence-corrected chi connectivity index (χ4v) is 4.85. The van der Waals surface area contributed by atoms with Gasteiger partial charge in [0.05, 0.1) is 54.1 Å². The third-order valence-electron chi connectivity index (χ3n) is 7.05. The number of amides is 1. The molecule has 1 saturated heterocycles.